The Hall–Kier alpha value is -2.51. The second-order valence-corrected chi connectivity index (χ2v) is 6.99. The van der Waals surface area contributed by atoms with Crippen LogP contribution in [0.5, 0.6) is 0 Å². The van der Waals surface area contributed by atoms with Crippen molar-refractivity contribution >= 4 is 34.0 Å². The van der Waals surface area contributed by atoms with Gasteiger partial charge in [-0.15, -0.1) is 0 Å². The summed E-state index contributed by atoms with van der Waals surface area (Å²) >= 11 is 0. The van der Waals surface area contributed by atoms with Crippen molar-refractivity contribution in [3.8, 4) is 0 Å². The summed E-state index contributed by atoms with van der Waals surface area (Å²) in [5.41, 5.74) is 6.89. The van der Waals surface area contributed by atoms with Gasteiger partial charge in [0.05, 0.1) is 16.8 Å². The van der Waals surface area contributed by atoms with Gasteiger partial charge in [0.2, 0.25) is 11.8 Å². The second kappa shape index (κ2) is 8.55. The van der Waals surface area contributed by atoms with Gasteiger partial charge in [0.1, 0.15) is 0 Å². The van der Waals surface area contributed by atoms with Crippen molar-refractivity contribution in [3.05, 3.63) is 48.5 Å². The standard InChI is InChI=1S/C18H21N3O3S/c1-3-17(19)18(23)21-14-5-4-6-16(11-14)25(24)15-9-7-13(8-10-15)20-12(2)22/h4-11,17H,3,19H2,1-2H3,(H,20,22)(H,21,23). The summed E-state index contributed by atoms with van der Waals surface area (Å²) in [5.74, 6) is -0.437. The molecular formula is C18H21N3O3S. The number of hydrogen-bond donors (Lipinski definition) is 3. The molecular weight excluding hydrogens is 338 g/mol. The van der Waals surface area contributed by atoms with Crippen molar-refractivity contribution in [3.63, 3.8) is 0 Å². The van der Waals surface area contributed by atoms with Crippen LogP contribution in [0.2, 0.25) is 0 Å². The van der Waals surface area contributed by atoms with Crippen LogP contribution in [0.15, 0.2) is 58.3 Å². The quantitative estimate of drug-likeness (QED) is 0.737. The molecule has 0 saturated carbocycles. The van der Waals surface area contributed by atoms with Crippen molar-refractivity contribution in [2.75, 3.05) is 10.6 Å². The normalized spacial score (nSPS) is 12.9. The van der Waals surface area contributed by atoms with E-state index in [1.807, 2.05) is 6.92 Å². The van der Waals surface area contributed by atoms with Crippen LogP contribution in [0.3, 0.4) is 0 Å². The Morgan fingerprint density at radius 1 is 1.04 bits per heavy atom. The molecule has 2 aromatic carbocycles. The Labute approximate surface area is 149 Å². The maximum atomic E-state index is 12.7. The highest BCUT2D eigenvalue weighted by Crippen LogP contribution is 2.21. The van der Waals surface area contributed by atoms with E-state index in [0.29, 0.717) is 27.6 Å². The molecule has 0 radical (unpaired) electrons. The van der Waals surface area contributed by atoms with Crippen molar-refractivity contribution < 1.29 is 13.8 Å². The zero-order chi connectivity index (χ0) is 18.4. The van der Waals surface area contributed by atoms with E-state index in [2.05, 4.69) is 10.6 Å². The average Bonchev–Trinajstić information content (AvgIpc) is 2.60. The van der Waals surface area contributed by atoms with Crippen LogP contribution in [0.25, 0.3) is 0 Å². The lowest BCUT2D eigenvalue weighted by molar-refractivity contribution is -0.117. The minimum absolute atomic E-state index is 0.164. The number of nitrogens with two attached hydrogens (primary N) is 1. The van der Waals surface area contributed by atoms with E-state index in [9.17, 15) is 13.8 Å². The summed E-state index contributed by atoms with van der Waals surface area (Å²) in [6.45, 7) is 3.26. The number of rotatable bonds is 6. The highest BCUT2D eigenvalue weighted by molar-refractivity contribution is 7.85. The molecule has 0 saturated heterocycles. The molecule has 2 unspecified atom stereocenters. The summed E-state index contributed by atoms with van der Waals surface area (Å²) < 4.78 is 12.7. The third-order valence-electron chi connectivity index (χ3n) is 3.48. The number of nitrogens with one attached hydrogen (secondary N) is 2. The zero-order valence-electron chi connectivity index (χ0n) is 14.1. The predicted octanol–water partition coefficient (Wildman–Crippen LogP) is 2.49. The van der Waals surface area contributed by atoms with Gasteiger partial charge in [-0.2, -0.15) is 0 Å². The van der Waals surface area contributed by atoms with Crippen molar-refractivity contribution in [2.24, 2.45) is 5.73 Å². The van der Waals surface area contributed by atoms with E-state index >= 15 is 0 Å². The molecule has 2 amide bonds. The molecule has 2 atom stereocenters. The number of amides is 2. The summed E-state index contributed by atoms with van der Waals surface area (Å²) in [5, 5.41) is 5.38. The SMILES string of the molecule is CCC(N)C(=O)Nc1cccc(S(=O)c2ccc(NC(C)=O)cc2)c1. The minimum Gasteiger partial charge on any atom is -0.326 e. The van der Waals surface area contributed by atoms with Crippen LogP contribution >= 0.6 is 0 Å². The minimum atomic E-state index is -1.40. The average molecular weight is 359 g/mol. The van der Waals surface area contributed by atoms with Gasteiger partial charge in [-0.05, 0) is 48.9 Å². The van der Waals surface area contributed by atoms with Gasteiger partial charge in [0.25, 0.3) is 0 Å². The molecule has 4 N–H and O–H groups in total. The summed E-state index contributed by atoms with van der Waals surface area (Å²) in [7, 11) is -1.40. The first-order valence-electron chi connectivity index (χ1n) is 7.86. The largest absolute Gasteiger partial charge is 0.326 e. The second-order valence-electron chi connectivity index (χ2n) is 5.51. The monoisotopic (exact) mass is 359 g/mol. The van der Waals surface area contributed by atoms with E-state index < -0.39 is 16.8 Å². The van der Waals surface area contributed by atoms with E-state index in [0.717, 1.165) is 0 Å². The smallest absolute Gasteiger partial charge is 0.241 e. The van der Waals surface area contributed by atoms with Crippen LogP contribution in [0.4, 0.5) is 11.4 Å². The summed E-state index contributed by atoms with van der Waals surface area (Å²) in [6, 6.07) is 13.0. The number of carbonyl (C=O) groups is 2. The lowest BCUT2D eigenvalue weighted by atomic mass is 10.2. The molecule has 6 nitrogen and oxygen atoms in total. The molecule has 0 aliphatic carbocycles. The van der Waals surface area contributed by atoms with Gasteiger partial charge < -0.3 is 16.4 Å². The molecule has 0 fully saturated rings. The van der Waals surface area contributed by atoms with Crippen LogP contribution in [0, 0.1) is 0 Å². The number of benzene rings is 2. The highest BCUT2D eigenvalue weighted by Gasteiger charge is 2.13. The Balaban J connectivity index is 2.15. The lowest BCUT2D eigenvalue weighted by Crippen LogP contribution is -2.34. The first-order valence-corrected chi connectivity index (χ1v) is 9.01. The Morgan fingerprint density at radius 2 is 1.72 bits per heavy atom. The molecule has 0 aromatic heterocycles. The van der Waals surface area contributed by atoms with Gasteiger partial charge >= 0.3 is 0 Å². The van der Waals surface area contributed by atoms with Gasteiger partial charge in [0.15, 0.2) is 0 Å². The Bertz CT molecular complexity index is 790. The van der Waals surface area contributed by atoms with Gasteiger partial charge in [-0.1, -0.05) is 13.0 Å². The molecule has 2 rings (SSSR count). The van der Waals surface area contributed by atoms with E-state index in [1.165, 1.54) is 6.92 Å². The van der Waals surface area contributed by atoms with Crippen LogP contribution in [-0.4, -0.2) is 22.1 Å². The van der Waals surface area contributed by atoms with Crippen LogP contribution in [0.1, 0.15) is 20.3 Å². The fourth-order valence-electron chi connectivity index (χ4n) is 2.11. The van der Waals surface area contributed by atoms with Crippen molar-refractivity contribution in [2.45, 2.75) is 36.1 Å². The van der Waals surface area contributed by atoms with Crippen LogP contribution in [-0.2, 0) is 20.4 Å². The van der Waals surface area contributed by atoms with E-state index in [1.54, 1.807) is 48.5 Å². The van der Waals surface area contributed by atoms with Gasteiger partial charge in [0, 0.05) is 28.1 Å². The lowest BCUT2D eigenvalue weighted by Gasteiger charge is -2.11. The zero-order valence-corrected chi connectivity index (χ0v) is 14.9. The fraction of sp³-hybridized carbons (Fsp3) is 0.222. The highest BCUT2D eigenvalue weighted by atomic mass is 32.2. The fourth-order valence-corrected chi connectivity index (χ4v) is 3.20. The maximum absolute atomic E-state index is 12.7. The Morgan fingerprint density at radius 3 is 2.32 bits per heavy atom. The molecule has 0 heterocycles. The summed E-state index contributed by atoms with van der Waals surface area (Å²) in [6.07, 6.45) is 0.540. The predicted molar refractivity (Wildman–Crippen MR) is 98.8 cm³/mol. The molecule has 2 aromatic rings. The number of carbonyl (C=O) groups excluding carboxylic acids is 2. The third-order valence-corrected chi connectivity index (χ3v) is 4.86. The number of hydrogen-bond acceptors (Lipinski definition) is 4. The molecule has 0 aliphatic heterocycles. The molecule has 0 aliphatic rings. The first-order chi connectivity index (χ1) is 11.9. The molecule has 0 spiro atoms. The summed E-state index contributed by atoms with van der Waals surface area (Å²) in [4.78, 5) is 24.1. The number of anilines is 2. The van der Waals surface area contributed by atoms with Crippen molar-refractivity contribution in [1.82, 2.24) is 0 Å². The van der Waals surface area contributed by atoms with Gasteiger partial charge in [-0.3, -0.25) is 9.59 Å². The molecule has 25 heavy (non-hydrogen) atoms. The van der Waals surface area contributed by atoms with Crippen molar-refractivity contribution in [1.29, 1.82) is 0 Å². The van der Waals surface area contributed by atoms with Crippen LogP contribution < -0.4 is 16.4 Å². The maximum Gasteiger partial charge on any atom is 0.241 e. The van der Waals surface area contributed by atoms with E-state index in [4.69, 9.17) is 5.73 Å². The topological polar surface area (TPSA) is 101 Å². The third kappa shape index (κ3) is 5.23. The Kier molecular flexibility index (Phi) is 6.44. The molecule has 7 heteroatoms. The molecule has 132 valence electrons. The van der Waals surface area contributed by atoms with E-state index in [-0.39, 0.29) is 11.8 Å². The first kappa shape index (κ1) is 18.8. The van der Waals surface area contributed by atoms with Gasteiger partial charge in [-0.25, -0.2) is 4.21 Å². The molecule has 0 bridgehead atoms.